The van der Waals surface area contributed by atoms with Gasteiger partial charge in [-0.2, -0.15) is 9.40 Å². The minimum Gasteiger partial charge on any atom is -0.382 e. The Kier molecular flexibility index (Phi) is 7.31. The van der Waals surface area contributed by atoms with Gasteiger partial charge in [-0.05, 0) is 61.4 Å². The maximum atomic E-state index is 13.7. The van der Waals surface area contributed by atoms with Crippen molar-refractivity contribution in [3.8, 4) is 0 Å². The van der Waals surface area contributed by atoms with Crippen molar-refractivity contribution in [2.45, 2.75) is 63.8 Å². The first-order valence-corrected chi connectivity index (χ1v) is 13.9. The highest BCUT2D eigenvalue weighted by Crippen LogP contribution is 2.45. The number of fused-ring (bicyclic) bond motifs is 2. The fourth-order valence-corrected chi connectivity index (χ4v) is 6.67. The van der Waals surface area contributed by atoms with Gasteiger partial charge >= 0.3 is 0 Å². The summed E-state index contributed by atoms with van der Waals surface area (Å²) in [6, 6.07) is 7.61. The Morgan fingerprint density at radius 3 is 2.49 bits per heavy atom. The summed E-state index contributed by atoms with van der Waals surface area (Å²) in [7, 11) is -1.98. The quantitative estimate of drug-likeness (QED) is 0.500. The summed E-state index contributed by atoms with van der Waals surface area (Å²) in [5.41, 5.74) is 4.20. The van der Waals surface area contributed by atoms with Crippen LogP contribution >= 0.6 is 0 Å². The SMILES string of the molecule is COCCOC[C@]12Cc3cnn(C(C)C)c3C=C1CCN(S(=O)(=O)c1ccc(C(C)(C)C)cc1)C2. The number of piperidine rings is 1. The Morgan fingerprint density at radius 1 is 1.14 bits per heavy atom. The first-order chi connectivity index (χ1) is 16.5. The van der Waals surface area contributed by atoms with E-state index >= 15 is 0 Å². The third-order valence-electron chi connectivity index (χ3n) is 7.20. The number of nitrogens with zero attached hydrogens (tertiary/aromatic N) is 3. The molecule has 0 unspecified atom stereocenters. The van der Waals surface area contributed by atoms with E-state index in [4.69, 9.17) is 9.47 Å². The van der Waals surface area contributed by atoms with Crippen molar-refractivity contribution in [2.24, 2.45) is 5.41 Å². The van der Waals surface area contributed by atoms with Crippen LogP contribution in [0.2, 0.25) is 0 Å². The molecule has 192 valence electrons. The van der Waals surface area contributed by atoms with E-state index in [1.165, 1.54) is 5.57 Å². The third kappa shape index (κ3) is 5.12. The van der Waals surface area contributed by atoms with Crippen molar-refractivity contribution in [1.29, 1.82) is 0 Å². The number of ether oxygens (including phenoxy) is 2. The lowest BCUT2D eigenvalue weighted by molar-refractivity contribution is 0.0147. The topological polar surface area (TPSA) is 73.7 Å². The van der Waals surface area contributed by atoms with Crippen LogP contribution in [0.1, 0.15) is 63.9 Å². The third-order valence-corrected chi connectivity index (χ3v) is 9.06. The Balaban J connectivity index is 1.65. The highest BCUT2D eigenvalue weighted by atomic mass is 32.2. The van der Waals surface area contributed by atoms with Crippen LogP contribution in [0.3, 0.4) is 0 Å². The molecule has 4 rings (SSSR count). The van der Waals surface area contributed by atoms with Crippen molar-refractivity contribution in [3.63, 3.8) is 0 Å². The molecule has 1 aliphatic heterocycles. The van der Waals surface area contributed by atoms with E-state index in [1.807, 2.05) is 18.3 Å². The fourth-order valence-electron chi connectivity index (χ4n) is 5.15. The lowest BCUT2D eigenvalue weighted by atomic mass is 9.69. The van der Waals surface area contributed by atoms with Gasteiger partial charge in [0.2, 0.25) is 10.0 Å². The Morgan fingerprint density at radius 2 is 1.86 bits per heavy atom. The van der Waals surface area contributed by atoms with Gasteiger partial charge in [0.05, 0.1) is 36.6 Å². The van der Waals surface area contributed by atoms with Gasteiger partial charge in [0, 0.05) is 31.7 Å². The van der Waals surface area contributed by atoms with Crippen LogP contribution in [-0.2, 0) is 31.3 Å². The van der Waals surface area contributed by atoms with Crippen LogP contribution in [-0.4, -0.2) is 62.5 Å². The molecule has 1 aliphatic carbocycles. The molecule has 0 amide bonds. The van der Waals surface area contributed by atoms with Gasteiger partial charge in [-0.1, -0.05) is 38.5 Å². The molecule has 2 aliphatic rings. The minimum atomic E-state index is -3.63. The molecule has 2 heterocycles. The van der Waals surface area contributed by atoms with Crippen LogP contribution < -0.4 is 0 Å². The number of hydrogen-bond donors (Lipinski definition) is 0. The Bertz CT molecular complexity index is 1180. The van der Waals surface area contributed by atoms with Gasteiger partial charge in [0.1, 0.15) is 0 Å². The van der Waals surface area contributed by atoms with Crippen LogP contribution in [0.5, 0.6) is 0 Å². The molecule has 1 saturated heterocycles. The molecule has 0 spiro atoms. The highest BCUT2D eigenvalue weighted by molar-refractivity contribution is 7.89. The zero-order chi connectivity index (χ0) is 25.4. The van der Waals surface area contributed by atoms with Crippen molar-refractivity contribution < 1.29 is 17.9 Å². The predicted molar refractivity (Wildman–Crippen MR) is 138 cm³/mol. The van der Waals surface area contributed by atoms with E-state index < -0.39 is 15.4 Å². The normalized spacial score (nSPS) is 21.1. The average molecular weight is 502 g/mol. The van der Waals surface area contributed by atoms with Gasteiger partial charge < -0.3 is 9.47 Å². The van der Waals surface area contributed by atoms with E-state index in [9.17, 15) is 8.42 Å². The van der Waals surface area contributed by atoms with E-state index in [0.29, 0.717) is 50.6 Å². The molecule has 2 aromatic rings. The average Bonchev–Trinajstić information content (AvgIpc) is 3.22. The van der Waals surface area contributed by atoms with Crippen molar-refractivity contribution in [1.82, 2.24) is 14.1 Å². The zero-order valence-electron chi connectivity index (χ0n) is 21.9. The number of benzene rings is 1. The highest BCUT2D eigenvalue weighted by Gasteiger charge is 2.46. The number of hydrogen-bond acceptors (Lipinski definition) is 5. The standard InChI is InChI=1S/C27H39N3O4S/c1-20(2)30-25-15-23-11-12-29(35(31,32)24-9-7-22(8-10-24)26(3,4)5)18-27(23,16-21(25)17-28-30)19-34-14-13-33-6/h7-10,15,17,20H,11-14,16,18-19H2,1-6H3/t27-/m1/s1. The Hall–Kier alpha value is -2.00. The van der Waals surface area contributed by atoms with Crippen LogP contribution in [0.25, 0.3) is 6.08 Å². The van der Waals surface area contributed by atoms with Gasteiger partial charge in [-0.3, -0.25) is 4.68 Å². The summed E-state index contributed by atoms with van der Waals surface area (Å²) in [5, 5.41) is 4.62. The molecular weight excluding hydrogens is 462 g/mol. The Labute approximate surface area is 210 Å². The molecule has 0 N–H and O–H groups in total. The second kappa shape index (κ2) is 9.81. The monoisotopic (exact) mass is 501 g/mol. The maximum Gasteiger partial charge on any atom is 0.243 e. The molecule has 35 heavy (non-hydrogen) atoms. The number of methoxy groups -OCH3 is 1. The summed E-state index contributed by atoms with van der Waals surface area (Å²) in [6.07, 6.45) is 5.55. The second-order valence-corrected chi connectivity index (χ2v) is 13.1. The van der Waals surface area contributed by atoms with E-state index in [1.54, 1.807) is 23.5 Å². The molecule has 1 fully saturated rings. The van der Waals surface area contributed by atoms with E-state index in [0.717, 1.165) is 16.8 Å². The minimum absolute atomic E-state index is 0.0308. The summed E-state index contributed by atoms with van der Waals surface area (Å²) in [4.78, 5) is 0.345. The van der Waals surface area contributed by atoms with Crippen molar-refractivity contribution in [2.75, 3.05) is 40.0 Å². The summed E-state index contributed by atoms with van der Waals surface area (Å²) >= 11 is 0. The molecule has 0 radical (unpaired) electrons. The second-order valence-electron chi connectivity index (χ2n) is 11.1. The van der Waals surface area contributed by atoms with Crippen LogP contribution in [0.15, 0.2) is 40.9 Å². The fraction of sp³-hybridized carbons (Fsp3) is 0.593. The molecule has 7 nitrogen and oxygen atoms in total. The lowest BCUT2D eigenvalue weighted by Gasteiger charge is -2.46. The first-order valence-electron chi connectivity index (χ1n) is 12.4. The van der Waals surface area contributed by atoms with Crippen molar-refractivity contribution in [3.05, 3.63) is 52.9 Å². The summed E-state index contributed by atoms with van der Waals surface area (Å²) < 4.78 is 42.3. The predicted octanol–water partition coefficient (Wildman–Crippen LogP) is 4.45. The van der Waals surface area contributed by atoms with Crippen molar-refractivity contribution >= 4 is 16.1 Å². The lowest BCUT2D eigenvalue weighted by Crippen LogP contribution is -2.51. The van der Waals surface area contributed by atoms with Crippen LogP contribution in [0, 0.1) is 5.41 Å². The van der Waals surface area contributed by atoms with E-state index in [2.05, 4.69) is 50.5 Å². The molecular formula is C27H39N3O4S. The number of rotatable bonds is 8. The number of aromatic nitrogens is 2. The van der Waals surface area contributed by atoms with Crippen LogP contribution in [0.4, 0.5) is 0 Å². The van der Waals surface area contributed by atoms with E-state index in [-0.39, 0.29) is 11.5 Å². The smallest absolute Gasteiger partial charge is 0.243 e. The molecule has 1 atom stereocenters. The molecule has 1 aromatic carbocycles. The molecule has 0 saturated carbocycles. The molecule has 8 heteroatoms. The summed E-state index contributed by atoms with van der Waals surface area (Å²) in [5.74, 6) is 0. The zero-order valence-corrected chi connectivity index (χ0v) is 22.7. The maximum absolute atomic E-state index is 13.7. The van der Waals surface area contributed by atoms with Gasteiger partial charge in [-0.15, -0.1) is 0 Å². The van der Waals surface area contributed by atoms with Gasteiger partial charge in [0.15, 0.2) is 0 Å². The molecule has 0 bridgehead atoms. The number of sulfonamides is 1. The first kappa shape index (κ1) is 26.1. The largest absolute Gasteiger partial charge is 0.382 e. The van der Waals surface area contributed by atoms with Gasteiger partial charge in [0.25, 0.3) is 0 Å². The molecule has 1 aromatic heterocycles. The summed E-state index contributed by atoms with van der Waals surface area (Å²) in [6.45, 7) is 12.9. The van der Waals surface area contributed by atoms with Gasteiger partial charge in [-0.25, -0.2) is 8.42 Å².